The lowest BCUT2D eigenvalue weighted by Gasteiger charge is -2.36. The van der Waals surface area contributed by atoms with E-state index in [-0.39, 0.29) is 18.8 Å². The van der Waals surface area contributed by atoms with E-state index >= 15 is 0 Å². The second kappa shape index (κ2) is 5.88. The number of hydrogen-bond donors (Lipinski definition) is 2. The number of nitrogens with two attached hydrogens (primary N) is 1. The number of rotatable bonds is 3. The van der Waals surface area contributed by atoms with Crippen LogP contribution in [0.1, 0.15) is 11.9 Å². The lowest BCUT2D eigenvalue weighted by molar-refractivity contribution is -0.0419. The Morgan fingerprint density at radius 3 is 3.00 bits per heavy atom. The molecule has 3 heterocycles. The number of thiazole rings is 1. The summed E-state index contributed by atoms with van der Waals surface area (Å²) in [6.07, 6.45) is -0.119. The first-order chi connectivity index (χ1) is 10.1. The van der Waals surface area contributed by atoms with Crippen LogP contribution in [0.15, 0.2) is 5.38 Å². The van der Waals surface area contributed by atoms with E-state index in [1.807, 2.05) is 19.2 Å². The number of hydrogen-bond acceptors (Lipinski definition) is 8. The second-order valence-corrected chi connectivity index (χ2v) is 6.97. The predicted molar refractivity (Wildman–Crippen MR) is 86.0 cm³/mol. The highest BCUT2D eigenvalue weighted by molar-refractivity contribution is 7.11. The maximum absolute atomic E-state index is 9.37. The SMILES string of the molecule is Cc1nc(-c2c(N)nsc2N2CC(C)OC(CO)C2)cs1. The van der Waals surface area contributed by atoms with Crippen molar-refractivity contribution in [2.24, 2.45) is 0 Å². The standard InChI is InChI=1S/C13H18N4O2S2/c1-7-3-17(4-9(5-18)19-7)13-11(12(14)16-21-13)10-6-20-8(2)15-10/h6-7,9,18H,3-5H2,1-2H3,(H2,14,16). The first-order valence-corrected chi connectivity index (χ1v) is 8.42. The summed E-state index contributed by atoms with van der Waals surface area (Å²) in [4.78, 5) is 6.71. The van der Waals surface area contributed by atoms with Crippen molar-refractivity contribution >= 4 is 33.7 Å². The quantitative estimate of drug-likeness (QED) is 0.894. The Balaban J connectivity index is 1.95. The first kappa shape index (κ1) is 14.7. The number of nitrogens with zero attached hydrogens (tertiary/aromatic N) is 3. The zero-order valence-electron chi connectivity index (χ0n) is 11.9. The topological polar surface area (TPSA) is 84.5 Å². The summed E-state index contributed by atoms with van der Waals surface area (Å²) < 4.78 is 9.98. The summed E-state index contributed by atoms with van der Waals surface area (Å²) in [6, 6.07) is 0. The lowest BCUT2D eigenvalue weighted by Crippen LogP contribution is -2.48. The van der Waals surface area contributed by atoms with Crippen molar-refractivity contribution in [1.82, 2.24) is 9.36 Å². The van der Waals surface area contributed by atoms with Gasteiger partial charge < -0.3 is 20.5 Å². The molecule has 114 valence electrons. The molecule has 2 atom stereocenters. The highest BCUT2D eigenvalue weighted by Crippen LogP contribution is 2.40. The van der Waals surface area contributed by atoms with Crippen molar-refractivity contribution < 1.29 is 9.84 Å². The number of ether oxygens (including phenoxy) is 1. The molecular weight excluding hydrogens is 308 g/mol. The molecular formula is C13H18N4O2S2. The normalized spacial score (nSPS) is 22.7. The molecule has 6 nitrogen and oxygen atoms in total. The van der Waals surface area contributed by atoms with Crippen LogP contribution in [0.2, 0.25) is 0 Å². The van der Waals surface area contributed by atoms with Gasteiger partial charge in [-0.15, -0.1) is 11.3 Å². The van der Waals surface area contributed by atoms with Gasteiger partial charge in [0.25, 0.3) is 0 Å². The largest absolute Gasteiger partial charge is 0.394 e. The number of aryl methyl sites for hydroxylation is 1. The van der Waals surface area contributed by atoms with Gasteiger partial charge in [-0.2, -0.15) is 4.37 Å². The fourth-order valence-corrected chi connectivity index (χ4v) is 3.98. The van der Waals surface area contributed by atoms with Crippen LogP contribution < -0.4 is 10.6 Å². The monoisotopic (exact) mass is 326 g/mol. The van der Waals surface area contributed by atoms with Crippen molar-refractivity contribution in [2.45, 2.75) is 26.1 Å². The molecule has 0 aliphatic carbocycles. The van der Waals surface area contributed by atoms with Crippen LogP contribution in [0.4, 0.5) is 10.8 Å². The van der Waals surface area contributed by atoms with E-state index in [2.05, 4.69) is 14.3 Å². The Hall–Kier alpha value is -1.22. The van der Waals surface area contributed by atoms with Crippen LogP contribution in [-0.4, -0.2) is 46.4 Å². The average Bonchev–Trinajstić information content (AvgIpc) is 3.03. The average molecular weight is 326 g/mol. The molecule has 2 unspecified atom stereocenters. The summed E-state index contributed by atoms with van der Waals surface area (Å²) in [5.41, 5.74) is 7.82. The molecule has 0 bridgehead atoms. The molecule has 1 fully saturated rings. The second-order valence-electron chi connectivity index (χ2n) is 5.16. The number of aromatic nitrogens is 2. The molecule has 8 heteroatoms. The number of anilines is 2. The van der Waals surface area contributed by atoms with Gasteiger partial charge in [0.15, 0.2) is 0 Å². The number of aliphatic hydroxyl groups is 1. The van der Waals surface area contributed by atoms with Gasteiger partial charge in [0.1, 0.15) is 10.8 Å². The zero-order chi connectivity index (χ0) is 15.0. The third-order valence-electron chi connectivity index (χ3n) is 3.39. The lowest BCUT2D eigenvalue weighted by atomic mass is 10.2. The summed E-state index contributed by atoms with van der Waals surface area (Å²) in [5.74, 6) is 0.514. The predicted octanol–water partition coefficient (Wildman–Crippen LogP) is 1.74. The Kier molecular flexibility index (Phi) is 4.12. The Labute approximate surface area is 131 Å². The van der Waals surface area contributed by atoms with Crippen molar-refractivity contribution in [2.75, 3.05) is 30.3 Å². The molecule has 1 saturated heterocycles. The van der Waals surface area contributed by atoms with E-state index in [0.717, 1.165) is 27.8 Å². The van der Waals surface area contributed by atoms with Gasteiger partial charge in [-0.3, -0.25) is 0 Å². The number of aliphatic hydroxyl groups excluding tert-OH is 1. The van der Waals surface area contributed by atoms with E-state index in [9.17, 15) is 5.11 Å². The van der Waals surface area contributed by atoms with Crippen LogP contribution in [0.25, 0.3) is 11.3 Å². The highest BCUT2D eigenvalue weighted by atomic mass is 32.1. The third kappa shape index (κ3) is 2.89. The molecule has 1 aliphatic rings. The summed E-state index contributed by atoms with van der Waals surface area (Å²) >= 11 is 2.98. The molecule has 0 amide bonds. The molecule has 2 aromatic rings. The van der Waals surface area contributed by atoms with Gasteiger partial charge in [0.2, 0.25) is 0 Å². The fraction of sp³-hybridized carbons (Fsp3) is 0.538. The van der Waals surface area contributed by atoms with Crippen molar-refractivity contribution in [3.8, 4) is 11.3 Å². The Morgan fingerprint density at radius 1 is 1.52 bits per heavy atom. The zero-order valence-corrected chi connectivity index (χ0v) is 13.6. The van der Waals surface area contributed by atoms with Gasteiger partial charge in [-0.25, -0.2) is 4.98 Å². The van der Waals surface area contributed by atoms with Crippen LogP contribution in [0.5, 0.6) is 0 Å². The highest BCUT2D eigenvalue weighted by Gasteiger charge is 2.29. The van der Waals surface area contributed by atoms with Crippen LogP contribution in [0.3, 0.4) is 0 Å². The molecule has 3 N–H and O–H groups in total. The Bertz CT molecular complexity index is 627. The van der Waals surface area contributed by atoms with Gasteiger partial charge in [-0.05, 0) is 25.4 Å². The van der Waals surface area contributed by atoms with Crippen molar-refractivity contribution in [1.29, 1.82) is 0 Å². The van der Waals surface area contributed by atoms with E-state index < -0.39 is 0 Å². The van der Waals surface area contributed by atoms with Crippen LogP contribution >= 0.6 is 22.9 Å². The van der Waals surface area contributed by atoms with E-state index in [1.54, 1.807) is 11.3 Å². The van der Waals surface area contributed by atoms with E-state index in [0.29, 0.717) is 12.4 Å². The number of nitrogen functional groups attached to an aromatic ring is 1. The summed E-state index contributed by atoms with van der Waals surface area (Å²) in [5, 5.41) is 13.4. The minimum absolute atomic E-state index is 0.0142. The molecule has 3 rings (SSSR count). The molecule has 0 saturated carbocycles. The molecule has 21 heavy (non-hydrogen) atoms. The smallest absolute Gasteiger partial charge is 0.148 e. The number of morpholine rings is 1. The summed E-state index contributed by atoms with van der Waals surface area (Å²) in [6.45, 7) is 5.39. The maximum atomic E-state index is 9.37. The first-order valence-electron chi connectivity index (χ1n) is 6.77. The molecule has 0 spiro atoms. The van der Waals surface area contributed by atoms with Gasteiger partial charge in [0.05, 0.1) is 35.1 Å². The fourth-order valence-electron chi connectivity index (χ4n) is 2.54. The Morgan fingerprint density at radius 2 is 2.33 bits per heavy atom. The van der Waals surface area contributed by atoms with Gasteiger partial charge >= 0.3 is 0 Å². The van der Waals surface area contributed by atoms with E-state index in [4.69, 9.17) is 10.5 Å². The van der Waals surface area contributed by atoms with Gasteiger partial charge in [0, 0.05) is 18.5 Å². The minimum atomic E-state index is -0.179. The summed E-state index contributed by atoms with van der Waals surface area (Å²) in [7, 11) is 0. The maximum Gasteiger partial charge on any atom is 0.148 e. The molecule has 0 radical (unpaired) electrons. The molecule has 2 aromatic heterocycles. The van der Waals surface area contributed by atoms with Gasteiger partial charge in [-0.1, -0.05) is 0 Å². The van der Waals surface area contributed by atoms with Crippen LogP contribution in [-0.2, 0) is 4.74 Å². The minimum Gasteiger partial charge on any atom is -0.394 e. The van der Waals surface area contributed by atoms with E-state index in [1.165, 1.54) is 11.5 Å². The van der Waals surface area contributed by atoms with Crippen LogP contribution in [0, 0.1) is 6.92 Å². The molecule has 0 aromatic carbocycles. The van der Waals surface area contributed by atoms with Crippen molar-refractivity contribution in [3.63, 3.8) is 0 Å². The van der Waals surface area contributed by atoms with Crippen molar-refractivity contribution in [3.05, 3.63) is 10.4 Å². The third-order valence-corrected chi connectivity index (χ3v) is 5.09. The molecule has 1 aliphatic heterocycles.